The molecule has 0 atom stereocenters. The number of aryl methyl sites for hydroxylation is 2. The topological polar surface area (TPSA) is 41.1 Å². The molecule has 2 N–H and O–H groups in total. The molecule has 3 nitrogen and oxygen atoms in total. The molecular formula is C15H18N2OS. The molecule has 2 aliphatic rings. The minimum Gasteiger partial charge on any atom is -0.299 e. The fourth-order valence-corrected chi connectivity index (χ4v) is 3.68. The first-order chi connectivity index (χ1) is 9.22. The van der Waals surface area contributed by atoms with Crippen molar-refractivity contribution in [1.29, 1.82) is 0 Å². The minimum atomic E-state index is -0.0294. The Morgan fingerprint density at radius 2 is 2.16 bits per heavy atom. The van der Waals surface area contributed by atoms with E-state index in [9.17, 15) is 4.79 Å². The largest absolute Gasteiger partial charge is 0.299 e. The van der Waals surface area contributed by atoms with Crippen molar-refractivity contribution in [2.24, 2.45) is 0 Å². The molecule has 2 aliphatic carbocycles. The van der Waals surface area contributed by atoms with Crippen LogP contribution in [0, 0.1) is 0 Å². The van der Waals surface area contributed by atoms with Crippen molar-refractivity contribution in [2.45, 2.75) is 39.0 Å². The van der Waals surface area contributed by atoms with E-state index in [1.807, 2.05) is 0 Å². The second-order valence-corrected chi connectivity index (χ2v) is 6.34. The van der Waals surface area contributed by atoms with Gasteiger partial charge >= 0.3 is 0 Å². The van der Waals surface area contributed by atoms with E-state index >= 15 is 0 Å². The molecule has 1 aromatic rings. The van der Waals surface area contributed by atoms with Gasteiger partial charge in [0.2, 0.25) is 0 Å². The number of thiophene rings is 1. The highest BCUT2D eigenvalue weighted by Crippen LogP contribution is 2.29. The highest BCUT2D eigenvalue weighted by atomic mass is 32.1. The van der Waals surface area contributed by atoms with Crippen LogP contribution in [0.4, 0.5) is 0 Å². The smallest absolute Gasteiger partial charge is 0.279 e. The van der Waals surface area contributed by atoms with Crippen LogP contribution in [-0.2, 0) is 12.8 Å². The summed E-state index contributed by atoms with van der Waals surface area (Å²) in [4.78, 5) is 14.3. The van der Waals surface area contributed by atoms with Gasteiger partial charge in [-0.3, -0.25) is 15.6 Å². The van der Waals surface area contributed by atoms with E-state index in [2.05, 4.69) is 36.0 Å². The highest BCUT2D eigenvalue weighted by molar-refractivity contribution is 7.14. The zero-order valence-corrected chi connectivity index (χ0v) is 11.9. The van der Waals surface area contributed by atoms with Crippen LogP contribution in [0.3, 0.4) is 0 Å². The van der Waals surface area contributed by atoms with Crippen molar-refractivity contribution in [3.8, 4) is 0 Å². The average Bonchev–Trinajstić information content (AvgIpc) is 3.01. The number of hydrazine groups is 1. The summed E-state index contributed by atoms with van der Waals surface area (Å²) in [5, 5.41) is 0. The van der Waals surface area contributed by atoms with Crippen LogP contribution >= 0.6 is 11.3 Å². The third-order valence-corrected chi connectivity index (χ3v) is 4.82. The zero-order chi connectivity index (χ0) is 13.2. The summed E-state index contributed by atoms with van der Waals surface area (Å²) in [6.07, 6.45) is 9.86. The van der Waals surface area contributed by atoms with E-state index < -0.39 is 0 Å². The highest BCUT2D eigenvalue weighted by Gasteiger charge is 2.17. The molecule has 1 amide bonds. The Hall–Kier alpha value is -1.55. The van der Waals surface area contributed by atoms with Gasteiger partial charge in [0.1, 0.15) is 0 Å². The number of allylic oxidation sites excluding steroid dienone is 3. The Morgan fingerprint density at radius 3 is 2.89 bits per heavy atom. The van der Waals surface area contributed by atoms with Crippen molar-refractivity contribution in [3.05, 3.63) is 44.8 Å². The van der Waals surface area contributed by atoms with Gasteiger partial charge in [0.05, 0.1) is 10.6 Å². The number of hydrogen-bond acceptors (Lipinski definition) is 3. The van der Waals surface area contributed by atoms with E-state index in [0.717, 1.165) is 29.8 Å². The summed E-state index contributed by atoms with van der Waals surface area (Å²) < 4.78 is 0. The molecule has 100 valence electrons. The van der Waals surface area contributed by atoms with Gasteiger partial charge in [-0.25, -0.2) is 0 Å². The Morgan fingerprint density at radius 1 is 1.32 bits per heavy atom. The number of carbonyl (C=O) groups is 1. The van der Waals surface area contributed by atoms with E-state index in [0.29, 0.717) is 0 Å². The molecular weight excluding hydrogens is 256 g/mol. The number of hydrogen-bond donors (Lipinski definition) is 2. The Kier molecular flexibility index (Phi) is 3.42. The first kappa shape index (κ1) is 12.5. The van der Waals surface area contributed by atoms with Gasteiger partial charge < -0.3 is 0 Å². The minimum absolute atomic E-state index is 0.0294. The second kappa shape index (κ2) is 5.21. The standard InChI is InChI=1S/C15H18N2OS/c1-10-6-7-12(8-10)16-17-15(18)14-9-11-4-2-3-5-13(11)19-14/h7-9,16H,2-6H2,1H3,(H,17,18). The fourth-order valence-electron chi connectivity index (χ4n) is 2.53. The van der Waals surface area contributed by atoms with Crippen molar-refractivity contribution in [2.75, 3.05) is 0 Å². The quantitative estimate of drug-likeness (QED) is 0.832. The summed E-state index contributed by atoms with van der Waals surface area (Å²) in [5.74, 6) is -0.0294. The van der Waals surface area contributed by atoms with Crippen molar-refractivity contribution >= 4 is 17.2 Å². The predicted molar refractivity (Wildman–Crippen MR) is 78.0 cm³/mol. The van der Waals surface area contributed by atoms with Crippen molar-refractivity contribution in [3.63, 3.8) is 0 Å². The molecule has 0 unspecified atom stereocenters. The molecule has 1 heterocycles. The maximum atomic E-state index is 12.1. The molecule has 0 aromatic carbocycles. The lowest BCUT2D eigenvalue weighted by Crippen LogP contribution is -2.35. The summed E-state index contributed by atoms with van der Waals surface area (Å²) in [7, 11) is 0. The van der Waals surface area contributed by atoms with Crippen LogP contribution in [0.25, 0.3) is 0 Å². The average molecular weight is 274 g/mol. The molecule has 3 rings (SSSR count). The van der Waals surface area contributed by atoms with Crippen LogP contribution in [-0.4, -0.2) is 5.91 Å². The maximum absolute atomic E-state index is 12.1. The molecule has 0 aliphatic heterocycles. The van der Waals surface area contributed by atoms with Gasteiger partial charge in [-0.05, 0) is 56.7 Å². The first-order valence-corrected chi connectivity index (χ1v) is 7.59. The van der Waals surface area contributed by atoms with E-state index in [-0.39, 0.29) is 5.91 Å². The van der Waals surface area contributed by atoms with Crippen LogP contribution < -0.4 is 10.9 Å². The lowest BCUT2D eigenvalue weighted by molar-refractivity contribution is 0.0943. The Bertz CT molecular complexity index is 545. The zero-order valence-electron chi connectivity index (χ0n) is 11.1. The summed E-state index contributed by atoms with van der Waals surface area (Å²) in [6.45, 7) is 2.08. The van der Waals surface area contributed by atoms with Gasteiger partial charge in [-0.1, -0.05) is 11.6 Å². The Labute approximate surface area is 117 Å². The maximum Gasteiger partial charge on any atom is 0.279 e. The molecule has 0 radical (unpaired) electrons. The number of nitrogens with one attached hydrogen (secondary N) is 2. The number of amides is 1. The van der Waals surface area contributed by atoms with E-state index in [1.54, 1.807) is 11.3 Å². The monoisotopic (exact) mass is 274 g/mol. The van der Waals surface area contributed by atoms with Gasteiger partial charge in [0, 0.05) is 4.88 Å². The van der Waals surface area contributed by atoms with Gasteiger partial charge in [-0.15, -0.1) is 11.3 Å². The SMILES string of the molecule is CC1=CC(NNC(=O)c2cc3c(s2)CCCC3)=CC1. The third-order valence-electron chi connectivity index (χ3n) is 3.59. The lowest BCUT2D eigenvalue weighted by atomic mass is 9.99. The van der Waals surface area contributed by atoms with Crippen molar-refractivity contribution < 1.29 is 4.79 Å². The van der Waals surface area contributed by atoms with Crippen LogP contribution in [0.1, 0.15) is 46.3 Å². The number of fused-ring (bicyclic) bond motifs is 1. The fraction of sp³-hybridized carbons (Fsp3) is 0.400. The number of rotatable bonds is 3. The van der Waals surface area contributed by atoms with Crippen LogP contribution in [0.5, 0.6) is 0 Å². The molecule has 0 fully saturated rings. The molecule has 0 bridgehead atoms. The third kappa shape index (κ3) is 2.73. The molecule has 0 saturated heterocycles. The van der Waals surface area contributed by atoms with Gasteiger partial charge in [0.15, 0.2) is 0 Å². The molecule has 0 spiro atoms. The summed E-state index contributed by atoms with van der Waals surface area (Å²) in [5.41, 5.74) is 9.42. The van der Waals surface area contributed by atoms with Crippen molar-refractivity contribution in [1.82, 2.24) is 10.9 Å². The summed E-state index contributed by atoms with van der Waals surface area (Å²) in [6, 6.07) is 2.06. The summed E-state index contributed by atoms with van der Waals surface area (Å²) >= 11 is 1.64. The van der Waals surface area contributed by atoms with E-state index in [1.165, 1.54) is 28.9 Å². The normalized spacial score (nSPS) is 17.5. The molecule has 19 heavy (non-hydrogen) atoms. The predicted octanol–water partition coefficient (Wildman–Crippen LogP) is 3.10. The number of carbonyl (C=O) groups excluding carboxylic acids is 1. The van der Waals surface area contributed by atoms with E-state index in [4.69, 9.17) is 0 Å². The van der Waals surface area contributed by atoms with Crippen LogP contribution in [0.2, 0.25) is 0 Å². The Balaban J connectivity index is 1.62. The second-order valence-electron chi connectivity index (χ2n) is 5.20. The first-order valence-electron chi connectivity index (χ1n) is 6.77. The van der Waals surface area contributed by atoms with Gasteiger partial charge in [0.25, 0.3) is 5.91 Å². The molecule has 4 heteroatoms. The van der Waals surface area contributed by atoms with Crippen LogP contribution in [0.15, 0.2) is 29.5 Å². The molecule has 0 saturated carbocycles. The van der Waals surface area contributed by atoms with Gasteiger partial charge in [-0.2, -0.15) is 0 Å². The lowest BCUT2D eigenvalue weighted by Gasteiger charge is -2.08. The molecule has 1 aromatic heterocycles.